The van der Waals surface area contributed by atoms with Gasteiger partial charge in [0, 0.05) is 19.3 Å². The van der Waals surface area contributed by atoms with E-state index in [1.165, 1.54) is 6.20 Å². The Morgan fingerprint density at radius 3 is 2.83 bits per heavy atom. The summed E-state index contributed by atoms with van der Waals surface area (Å²) in [6.45, 7) is 9.08. The highest BCUT2D eigenvalue weighted by Crippen LogP contribution is 2.21. The monoisotopic (exact) mass is 321 g/mol. The van der Waals surface area contributed by atoms with Crippen molar-refractivity contribution in [2.24, 2.45) is 5.92 Å². The Morgan fingerprint density at radius 2 is 2.22 bits per heavy atom. The topological polar surface area (TPSA) is 75.3 Å². The standard InChI is InChI=1S/C17H27N3O3/c1-5-6-7-13-9-20(10-15(23-13)11(2)3)17(22)14-8-18-12(4)19-16(14)21/h8,11,13,15H,5-7,9-10H2,1-4H3,(H,18,19,21)/t13-,15-/m1/s1. The lowest BCUT2D eigenvalue weighted by Crippen LogP contribution is -2.52. The Balaban J connectivity index is 2.18. The quantitative estimate of drug-likeness (QED) is 0.901. The number of H-pyrrole nitrogens is 1. The highest BCUT2D eigenvalue weighted by molar-refractivity contribution is 5.93. The number of hydrogen-bond acceptors (Lipinski definition) is 4. The molecule has 6 heteroatoms. The molecule has 1 saturated heterocycles. The third-order valence-corrected chi connectivity index (χ3v) is 4.26. The van der Waals surface area contributed by atoms with Gasteiger partial charge < -0.3 is 14.6 Å². The maximum absolute atomic E-state index is 12.7. The van der Waals surface area contributed by atoms with Crippen molar-refractivity contribution in [2.75, 3.05) is 13.1 Å². The maximum atomic E-state index is 12.7. The summed E-state index contributed by atoms with van der Waals surface area (Å²) in [6.07, 6.45) is 4.53. The lowest BCUT2D eigenvalue weighted by atomic mass is 10.0. The van der Waals surface area contributed by atoms with Crippen LogP contribution in [0.1, 0.15) is 56.2 Å². The third kappa shape index (κ3) is 4.41. The summed E-state index contributed by atoms with van der Waals surface area (Å²) in [7, 11) is 0. The molecule has 0 unspecified atom stereocenters. The molecule has 0 aliphatic carbocycles. The van der Waals surface area contributed by atoms with Crippen LogP contribution in [0.5, 0.6) is 0 Å². The summed E-state index contributed by atoms with van der Waals surface area (Å²) in [4.78, 5) is 33.1. The van der Waals surface area contributed by atoms with Gasteiger partial charge in [0.05, 0.1) is 12.2 Å². The minimum absolute atomic E-state index is 0.00652. The van der Waals surface area contributed by atoms with Gasteiger partial charge in [-0.1, -0.05) is 33.6 Å². The average Bonchev–Trinajstić information content (AvgIpc) is 2.52. The van der Waals surface area contributed by atoms with E-state index in [4.69, 9.17) is 4.74 Å². The largest absolute Gasteiger partial charge is 0.371 e. The summed E-state index contributed by atoms with van der Waals surface area (Å²) >= 11 is 0. The van der Waals surface area contributed by atoms with E-state index in [9.17, 15) is 9.59 Å². The second kappa shape index (κ2) is 7.73. The molecule has 2 atom stereocenters. The van der Waals surface area contributed by atoms with Crippen LogP contribution in [-0.4, -0.2) is 46.1 Å². The van der Waals surface area contributed by atoms with E-state index in [0.717, 1.165) is 19.3 Å². The van der Waals surface area contributed by atoms with Gasteiger partial charge in [-0.15, -0.1) is 0 Å². The van der Waals surface area contributed by atoms with Gasteiger partial charge >= 0.3 is 0 Å². The molecular weight excluding hydrogens is 294 g/mol. The molecule has 0 saturated carbocycles. The lowest BCUT2D eigenvalue weighted by Gasteiger charge is -2.39. The Bertz CT molecular complexity index is 597. The fraction of sp³-hybridized carbons (Fsp3) is 0.706. The SMILES string of the molecule is CCCC[C@@H]1CN(C(=O)c2cnc(C)[nH]c2=O)C[C@H](C(C)C)O1. The van der Waals surface area contributed by atoms with Gasteiger partial charge in [-0.25, -0.2) is 4.98 Å². The minimum atomic E-state index is -0.375. The molecule has 1 aliphatic rings. The van der Waals surface area contributed by atoms with Crippen molar-refractivity contribution in [2.45, 2.75) is 59.2 Å². The van der Waals surface area contributed by atoms with Crippen LogP contribution in [0.15, 0.2) is 11.0 Å². The predicted molar refractivity (Wildman–Crippen MR) is 88.5 cm³/mol. The molecule has 1 aromatic heterocycles. The minimum Gasteiger partial charge on any atom is -0.371 e. The predicted octanol–water partition coefficient (Wildman–Crippen LogP) is 2.13. The average molecular weight is 321 g/mol. The van der Waals surface area contributed by atoms with Crippen molar-refractivity contribution in [3.8, 4) is 0 Å². The molecule has 6 nitrogen and oxygen atoms in total. The molecule has 1 aromatic rings. The zero-order valence-electron chi connectivity index (χ0n) is 14.5. The van der Waals surface area contributed by atoms with Crippen molar-refractivity contribution >= 4 is 5.91 Å². The van der Waals surface area contributed by atoms with Gasteiger partial charge in [-0.05, 0) is 19.3 Å². The zero-order valence-corrected chi connectivity index (χ0v) is 14.5. The smallest absolute Gasteiger partial charge is 0.263 e. The highest BCUT2D eigenvalue weighted by atomic mass is 16.5. The van der Waals surface area contributed by atoms with Crippen LogP contribution in [0.4, 0.5) is 0 Å². The summed E-state index contributed by atoms with van der Waals surface area (Å²) in [5.41, 5.74) is -0.269. The lowest BCUT2D eigenvalue weighted by molar-refractivity contribution is -0.0963. The van der Waals surface area contributed by atoms with Crippen molar-refractivity contribution in [1.29, 1.82) is 0 Å². The number of ether oxygens (including phenoxy) is 1. The van der Waals surface area contributed by atoms with Crippen molar-refractivity contribution < 1.29 is 9.53 Å². The molecule has 0 bridgehead atoms. The highest BCUT2D eigenvalue weighted by Gasteiger charge is 2.33. The second-order valence-electron chi connectivity index (χ2n) is 6.60. The number of morpholine rings is 1. The first-order valence-electron chi connectivity index (χ1n) is 8.43. The first-order chi connectivity index (χ1) is 10.9. The Labute approximate surface area is 137 Å². The van der Waals surface area contributed by atoms with Gasteiger partial charge in [0.15, 0.2) is 0 Å². The number of unbranched alkanes of at least 4 members (excludes halogenated alkanes) is 1. The van der Waals surface area contributed by atoms with Crippen LogP contribution >= 0.6 is 0 Å². The van der Waals surface area contributed by atoms with E-state index >= 15 is 0 Å². The Morgan fingerprint density at radius 1 is 1.48 bits per heavy atom. The number of rotatable bonds is 5. The van der Waals surface area contributed by atoms with Gasteiger partial charge in [0.2, 0.25) is 0 Å². The van der Waals surface area contributed by atoms with E-state index in [2.05, 4.69) is 30.7 Å². The summed E-state index contributed by atoms with van der Waals surface area (Å²) < 4.78 is 6.12. The summed E-state index contributed by atoms with van der Waals surface area (Å²) in [6, 6.07) is 0. The van der Waals surface area contributed by atoms with Gasteiger partial charge in [0.1, 0.15) is 11.4 Å². The van der Waals surface area contributed by atoms with Crippen molar-refractivity contribution in [3.63, 3.8) is 0 Å². The molecule has 2 rings (SSSR count). The van der Waals surface area contributed by atoms with Crippen LogP contribution in [0.3, 0.4) is 0 Å². The molecule has 1 fully saturated rings. The Hall–Kier alpha value is -1.69. The molecule has 2 heterocycles. The summed E-state index contributed by atoms with van der Waals surface area (Å²) in [5, 5.41) is 0. The number of amides is 1. The number of aromatic nitrogens is 2. The molecule has 128 valence electrons. The summed E-state index contributed by atoms with van der Waals surface area (Å²) in [5.74, 6) is 0.577. The van der Waals surface area contributed by atoms with E-state index in [0.29, 0.717) is 24.8 Å². The van der Waals surface area contributed by atoms with Crippen molar-refractivity contribution in [1.82, 2.24) is 14.9 Å². The fourth-order valence-corrected chi connectivity index (χ4v) is 2.80. The number of nitrogens with zero attached hydrogens (tertiary/aromatic N) is 2. The molecule has 0 aromatic carbocycles. The fourth-order valence-electron chi connectivity index (χ4n) is 2.80. The molecular formula is C17H27N3O3. The molecule has 1 N–H and O–H groups in total. The molecule has 1 amide bonds. The number of nitrogens with one attached hydrogen (secondary N) is 1. The third-order valence-electron chi connectivity index (χ3n) is 4.26. The van der Waals surface area contributed by atoms with Gasteiger partial charge in [-0.2, -0.15) is 0 Å². The maximum Gasteiger partial charge on any atom is 0.263 e. The van der Waals surface area contributed by atoms with Gasteiger partial charge in [-0.3, -0.25) is 9.59 Å². The molecule has 1 aliphatic heterocycles. The molecule has 0 spiro atoms. The number of aromatic amines is 1. The van der Waals surface area contributed by atoms with Crippen LogP contribution in [0.2, 0.25) is 0 Å². The van der Waals surface area contributed by atoms with Crippen LogP contribution in [0, 0.1) is 12.8 Å². The first-order valence-corrected chi connectivity index (χ1v) is 8.43. The first kappa shape index (κ1) is 17.7. The van der Waals surface area contributed by atoms with E-state index < -0.39 is 0 Å². The Kier molecular flexibility index (Phi) is 5.93. The normalized spacial score (nSPS) is 21.7. The van der Waals surface area contributed by atoms with Crippen LogP contribution in [-0.2, 0) is 4.74 Å². The van der Waals surface area contributed by atoms with Gasteiger partial charge in [0.25, 0.3) is 11.5 Å². The molecule has 0 radical (unpaired) electrons. The second-order valence-corrected chi connectivity index (χ2v) is 6.60. The number of hydrogen-bond donors (Lipinski definition) is 1. The van der Waals surface area contributed by atoms with E-state index in [1.54, 1.807) is 11.8 Å². The number of aryl methyl sites for hydroxylation is 1. The van der Waals surface area contributed by atoms with Crippen LogP contribution in [0.25, 0.3) is 0 Å². The molecule has 23 heavy (non-hydrogen) atoms. The number of carbonyl (C=O) groups excluding carboxylic acids is 1. The van der Waals surface area contributed by atoms with E-state index in [1.807, 2.05) is 0 Å². The van der Waals surface area contributed by atoms with Crippen LogP contribution < -0.4 is 5.56 Å². The number of carbonyl (C=O) groups is 1. The van der Waals surface area contributed by atoms with Crippen molar-refractivity contribution in [3.05, 3.63) is 27.9 Å². The zero-order chi connectivity index (χ0) is 17.0. The van der Waals surface area contributed by atoms with E-state index in [-0.39, 0.29) is 29.2 Å².